The number of hydrogen-bond acceptors (Lipinski definition) is 3. The van der Waals surface area contributed by atoms with E-state index in [2.05, 4.69) is 11.4 Å². The van der Waals surface area contributed by atoms with Gasteiger partial charge in [0, 0.05) is 11.6 Å². The molecule has 1 aromatic carbocycles. The van der Waals surface area contributed by atoms with E-state index in [4.69, 9.17) is 9.47 Å². The second kappa shape index (κ2) is 6.76. The minimum Gasteiger partial charge on any atom is -0.496 e. The largest absolute Gasteiger partial charge is 0.496 e. The molecule has 1 aliphatic carbocycles. The fraction of sp³-hybridized carbons (Fsp3) is 0.600. The monoisotopic (exact) mass is 249 g/mol. The van der Waals surface area contributed by atoms with E-state index in [-0.39, 0.29) is 0 Å². The van der Waals surface area contributed by atoms with Crippen LogP contribution in [0.4, 0.5) is 0 Å². The zero-order chi connectivity index (χ0) is 12.8. The van der Waals surface area contributed by atoms with E-state index in [0.29, 0.717) is 18.8 Å². The highest BCUT2D eigenvalue weighted by Crippen LogP contribution is 2.24. The lowest BCUT2D eigenvalue weighted by atomic mass is 9.92. The zero-order valence-corrected chi connectivity index (χ0v) is 11.3. The summed E-state index contributed by atoms with van der Waals surface area (Å²) < 4.78 is 11.4. The van der Waals surface area contributed by atoms with Crippen LogP contribution in [0, 0.1) is 0 Å². The molecule has 1 aromatic rings. The van der Waals surface area contributed by atoms with Gasteiger partial charge in [0.2, 0.25) is 0 Å². The van der Waals surface area contributed by atoms with Crippen molar-refractivity contribution >= 4 is 0 Å². The number of hydrogen-bond donors (Lipinski definition) is 1. The molecule has 1 aliphatic rings. The van der Waals surface area contributed by atoms with E-state index in [0.717, 1.165) is 17.7 Å². The van der Waals surface area contributed by atoms with Gasteiger partial charge in [-0.3, -0.25) is 0 Å². The van der Waals surface area contributed by atoms with Crippen LogP contribution in [0.3, 0.4) is 0 Å². The maximum atomic E-state index is 6.07. The molecule has 3 nitrogen and oxygen atoms in total. The molecule has 0 aromatic heterocycles. The van der Waals surface area contributed by atoms with Crippen molar-refractivity contribution in [3.63, 3.8) is 0 Å². The highest BCUT2D eigenvalue weighted by atomic mass is 16.5. The molecule has 1 N–H and O–H groups in total. The van der Waals surface area contributed by atoms with Gasteiger partial charge in [-0.25, -0.2) is 0 Å². The van der Waals surface area contributed by atoms with Gasteiger partial charge in [-0.05, 0) is 26.0 Å². The van der Waals surface area contributed by atoms with E-state index in [1.54, 1.807) is 7.11 Å². The first-order valence-corrected chi connectivity index (χ1v) is 6.76. The predicted octanol–water partition coefficient (Wildman–Crippen LogP) is 2.74. The molecule has 2 atom stereocenters. The quantitative estimate of drug-likeness (QED) is 0.870. The highest BCUT2D eigenvalue weighted by Gasteiger charge is 2.24. The number of ether oxygens (including phenoxy) is 2. The average Bonchev–Trinajstić information content (AvgIpc) is 2.45. The highest BCUT2D eigenvalue weighted by molar-refractivity contribution is 5.32. The molecule has 18 heavy (non-hydrogen) atoms. The van der Waals surface area contributed by atoms with Gasteiger partial charge < -0.3 is 14.8 Å². The molecule has 0 heterocycles. The van der Waals surface area contributed by atoms with Crippen molar-refractivity contribution in [2.75, 3.05) is 14.2 Å². The third-order valence-corrected chi connectivity index (χ3v) is 3.72. The first kappa shape index (κ1) is 13.4. The fourth-order valence-electron chi connectivity index (χ4n) is 2.65. The van der Waals surface area contributed by atoms with Crippen molar-refractivity contribution in [2.45, 2.75) is 44.4 Å². The van der Waals surface area contributed by atoms with Crippen LogP contribution in [0.5, 0.6) is 5.75 Å². The van der Waals surface area contributed by atoms with Crippen molar-refractivity contribution < 1.29 is 9.47 Å². The molecular formula is C15H23NO2. The average molecular weight is 249 g/mol. The molecule has 0 aliphatic heterocycles. The van der Waals surface area contributed by atoms with Crippen LogP contribution in [0.15, 0.2) is 24.3 Å². The van der Waals surface area contributed by atoms with Gasteiger partial charge in [0.15, 0.2) is 0 Å². The van der Waals surface area contributed by atoms with Crippen LogP contribution in [0.2, 0.25) is 0 Å². The van der Waals surface area contributed by atoms with Gasteiger partial charge in [-0.15, -0.1) is 0 Å². The molecular weight excluding hydrogens is 226 g/mol. The number of likely N-dealkylation sites (N-methyl/N-ethyl adjacent to an activating group) is 1. The number of benzene rings is 1. The summed E-state index contributed by atoms with van der Waals surface area (Å²) in [6, 6.07) is 8.55. The minimum atomic E-state index is 0.327. The Morgan fingerprint density at radius 2 is 2.00 bits per heavy atom. The molecule has 1 saturated carbocycles. The molecule has 1 fully saturated rings. The Kier molecular flexibility index (Phi) is 5.02. The van der Waals surface area contributed by atoms with Gasteiger partial charge in [-0.2, -0.15) is 0 Å². The van der Waals surface area contributed by atoms with Gasteiger partial charge in [0.25, 0.3) is 0 Å². The summed E-state index contributed by atoms with van der Waals surface area (Å²) in [4.78, 5) is 0. The van der Waals surface area contributed by atoms with Crippen molar-refractivity contribution in [1.29, 1.82) is 0 Å². The Hall–Kier alpha value is -1.06. The predicted molar refractivity (Wildman–Crippen MR) is 72.9 cm³/mol. The van der Waals surface area contributed by atoms with Crippen molar-refractivity contribution in [3.8, 4) is 5.75 Å². The Morgan fingerprint density at radius 1 is 1.22 bits per heavy atom. The van der Waals surface area contributed by atoms with Gasteiger partial charge >= 0.3 is 0 Å². The van der Waals surface area contributed by atoms with Gasteiger partial charge in [0.1, 0.15) is 5.75 Å². The SMILES string of the molecule is CNC1CCCCC1OCc1ccccc1OC. The van der Waals surface area contributed by atoms with Gasteiger partial charge in [-0.1, -0.05) is 31.0 Å². The Labute approximate surface area is 109 Å². The standard InChI is InChI=1S/C15H23NO2/c1-16-13-8-4-6-10-15(13)18-11-12-7-3-5-9-14(12)17-2/h3,5,7,9,13,15-16H,4,6,8,10-11H2,1-2H3. The molecule has 100 valence electrons. The first-order valence-electron chi connectivity index (χ1n) is 6.76. The van der Waals surface area contributed by atoms with E-state index < -0.39 is 0 Å². The third kappa shape index (κ3) is 3.24. The normalized spacial score (nSPS) is 23.9. The first-order chi connectivity index (χ1) is 8.85. The van der Waals surface area contributed by atoms with Crippen LogP contribution in [-0.2, 0) is 11.3 Å². The second-order valence-electron chi connectivity index (χ2n) is 4.84. The summed E-state index contributed by atoms with van der Waals surface area (Å²) >= 11 is 0. The lowest BCUT2D eigenvalue weighted by Crippen LogP contribution is -2.41. The molecule has 0 amide bonds. The maximum absolute atomic E-state index is 6.07. The molecule has 2 rings (SSSR count). The lowest BCUT2D eigenvalue weighted by Gasteiger charge is -2.31. The second-order valence-corrected chi connectivity index (χ2v) is 4.84. The summed E-state index contributed by atoms with van der Waals surface area (Å²) in [5, 5.41) is 3.36. The van der Waals surface area contributed by atoms with Crippen molar-refractivity contribution in [2.24, 2.45) is 0 Å². The van der Waals surface area contributed by atoms with E-state index in [1.165, 1.54) is 19.3 Å². The molecule has 2 unspecified atom stereocenters. The molecule has 0 spiro atoms. The molecule has 0 radical (unpaired) electrons. The minimum absolute atomic E-state index is 0.327. The summed E-state index contributed by atoms with van der Waals surface area (Å²) in [5.74, 6) is 0.911. The summed E-state index contributed by atoms with van der Waals surface area (Å²) in [5.41, 5.74) is 1.13. The third-order valence-electron chi connectivity index (χ3n) is 3.72. The number of methoxy groups -OCH3 is 1. The number of nitrogens with one attached hydrogen (secondary N) is 1. The smallest absolute Gasteiger partial charge is 0.124 e. The molecule has 0 bridgehead atoms. The summed E-state index contributed by atoms with van der Waals surface area (Å²) in [6.07, 6.45) is 5.27. The number of rotatable bonds is 5. The maximum Gasteiger partial charge on any atom is 0.124 e. The topological polar surface area (TPSA) is 30.5 Å². The van der Waals surface area contributed by atoms with E-state index in [1.807, 2.05) is 25.2 Å². The lowest BCUT2D eigenvalue weighted by molar-refractivity contribution is -0.00428. The van der Waals surface area contributed by atoms with Crippen molar-refractivity contribution in [1.82, 2.24) is 5.32 Å². The Bertz CT molecular complexity index is 367. The zero-order valence-electron chi connectivity index (χ0n) is 11.3. The number of para-hydroxylation sites is 1. The van der Waals surface area contributed by atoms with Crippen LogP contribution in [0.25, 0.3) is 0 Å². The van der Waals surface area contributed by atoms with Crippen LogP contribution in [0.1, 0.15) is 31.2 Å². The summed E-state index contributed by atoms with van der Waals surface area (Å²) in [6.45, 7) is 0.632. The van der Waals surface area contributed by atoms with Crippen LogP contribution in [-0.4, -0.2) is 26.3 Å². The molecule has 3 heteroatoms. The van der Waals surface area contributed by atoms with Crippen molar-refractivity contribution in [3.05, 3.63) is 29.8 Å². The van der Waals surface area contributed by atoms with E-state index in [9.17, 15) is 0 Å². The Balaban J connectivity index is 1.93. The van der Waals surface area contributed by atoms with Crippen LogP contribution >= 0.6 is 0 Å². The van der Waals surface area contributed by atoms with Gasteiger partial charge in [0.05, 0.1) is 19.8 Å². The summed E-state index contributed by atoms with van der Waals surface area (Å²) in [7, 11) is 3.73. The fourth-order valence-corrected chi connectivity index (χ4v) is 2.65. The Morgan fingerprint density at radius 3 is 2.78 bits per heavy atom. The van der Waals surface area contributed by atoms with Crippen LogP contribution < -0.4 is 10.1 Å². The molecule has 0 saturated heterocycles. The van der Waals surface area contributed by atoms with E-state index >= 15 is 0 Å².